The first-order valence-electron chi connectivity index (χ1n) is 8.41. The minimum atomic E-state index is -0.210. The molecule has 1 amide bonds. The molecule has 0 saturated heterocycles. The van der Waals surface area contributed by atoms with Gasteiger partial charge in [-0.15, -0.1) is 0 Å². The largest absolute Gasteiger partial charge is 0.487 e. The lowest BCUT2D eigenvalue weighted by Gasteiger charge is -2.41. The number of carbonyl (C=O) groups is 1. The van der Waals surface area contributed by atoms with E-state index in [1.165, 1.54) is 0 Å². The normalized spacial score (nSPS) is 18.4. The maximum absolute atomic E-state index is 12.7. The van der Waals surface area contributed by atoms with Gasteiger partial charge in [-0.05, 0) is 65.8 Å². The summed E-state index contributed by atoms with van der Waals surface area (Å²) in [6, 6.07) is 15.6. The lowest BCUT2D eigenvalue weighted by atomic mass is 9.83. The molecule has 1 heterocycles. The van der Waals surface area contributed by atoms with Crippen molar-refractivity contribution >= 4 is 28.5 Å². The molecular weight excluding hydrogens is 413 g/mol. The number of carbonyl (C=O) groups excluding carboxylic acids is 1. The zero-order valence-electron chi connectivity index (χ0n) is 14.0. The second-order valence-electron chi connectivity index (χ2n) is 6.27. The quantitative estimate of drug-likeness (QED) is 0.679. The molecule has 126 valence electrons. The number of halogens is 1. The highest BCUT2D eigenvalue weighted by atomic mass is 127. The lowest BCUT2D eigenvalue weighted by molar-refractivity contribution is 0.0227. The van der Waals surface area contributed by atoms with Crippen LogP contribution in [0, 0.1) is 3.57 Å². The van der Waals surface area contributed by atoms with Crippen molar-refractivity contribution < 1.29 is 9.53 Å². The molecule has 1 N–H and O–H groups in total. The number of hydrogen-bond donors (Lipinski definition) is 1. The Balaban J connectivity index is 1.88. The monoisotopic (exact) mass is 435 g/mol. The molecule has 0 saturated carbocycles. The van der Waals surface area contributed by atoms with E-state index in [4.69, 9.17) is 4.74 Å². The fourth-order valence-electron chi connectivity index (χ4n) is 3.27. The number of amides is 1. The van der Waals surface area contributed by atoms with Crippen LogP contribution >= 0.6 is 22.6 Å². The van der Waals surface area contributed by atoms with E-state index in [9.17, 15) is 4.79 Å². The second-order valence-corrected chi connectivity index (χ2v) is 7.51. The molecule has 1 atom stereocenters. The van der Waals surface area contributed by atoms with Crippen LogP contribution in [0.3, 0.4) is 0 Å². The number of ether oxygens (including phenoxy) is 1. The van der Waals surface area contributed by atoms with Crippen LogP contribution in [0.1, 0.15) is 55.1 Å². The van der Waals surface area contributed by atoms with E-state index < -0.39 is 0 Å². The minimum Gasteiger partial charge on any atom is -0.487 e. The molecular formula is C20H22INO2. The highest BCUT2D eigenvalue weighted by Gasteiger charge is 2.38. The van der Waals surface area contributed by atoms with Crippen LogP contribution in [0.4, 0.5) is 0 Å². The van der Waals surface area contributed by atoms with E-state index in [0.717, 1.165) is 34.1 Å². The van der Waals surface area contributed by atoms with Gasteiger partial charge in [0.2, 0.25) is 0 Å². The third-order valence-corrected chi connectivity index (χ3v) is 5.62. The maximum Gasteiger partial charge on any atom is 0.251 e. The van der Waals surface area contributed by atoms with E-state index in [1.807, 2.05) is 48.5 Å². The first-order chi connectivity index (χ1) is 11.6. The topological polar surface area (TPSA) is 38.3 Å². The summed E-state index contributed by atoms with van der Waals surface area (Å²) in [5.74, 6) is 0.856. The molecule has 4 heteroatoms. The number of hydrogen-bond acceptors (Lipinski definition) is 2. The summed E-state index contributed by atoms with van der Waals surface area (Å²) in [4.78, 5) is 12.7. The van der Waals surface area contributed by atoms with Gasteiger partial charge in [-0.25, -0.2) is 0 Å². The fraction of sp³-hybridized carbons (Fsp3) is 0.350. The molecule has 2 aromatic carbocycles. The third kappa shape index (κ3) is 3.43. The number of rotatable bonds is 4. The molecule has 0 aromatic heterocycles. The van der Waals surface area contributed by atoms with Crippen molar-refractivity contribution in [3.63, 3.8) is 0 Å². The zero-order chi connectivity index (χ0) is 17.2. The van der Waals surface area contributed by atoms with Gasteiger partial charge in [0.05, 0.1) is 6.04 Å². The van der Waals surface area contributed by atoms with Crippen LogP contribution in [0.5, 0.6) is 5.75 Å². The highest BCUT2D eigenvalue weighted by Crippen LogP contribution is 2.42. The SMILES string of the molecule is CCC1(CC)CC(NC(=O)c2ccc(I)cc2)c2ccccc2O1. The Kier molecular flexibility index (Phi) is 5.13. The van der Waals surface area contributed by atoms with E-state index >= 15 is 0 Å². The Labute approximate surface area is 156 Å². The van der Waals surface area contributed by atoms with E-state index in [0.29, 0.717) is 5.56 Å². The number of benzene rings is 2. The van der Waals surface area contributed by atoms with Gasteiger partial charge in [-0.3, -0.25) is 4.79 Å². The summed E-state index contributed by atoms with van der Waals surface area (Å²) in [5.41, 5.74) is 1.55. The summed E-state index contributed by atoms with van der Waals surface area (Å²) < 4.78 is 7.42. The molecule has 2 aromatic rings. The number of fused-ring (bicyclic) bond motifs is 1. The molecule has 3 rings (SSSR count). The van der Waals surface area contributed by atoms with Gasteiger partial charge in [0, 0.05) is 21.1 Å². The molecule has 0 aliphatic carbocycles. The Morgan fingerprint density at radius 2 is 1.83 bits per heavy atom. The van der Waals surface area contributed by atoms with Crippen molar-refractivity contribution in [2.45, 2.75) is 44.8 Å². The molecule has 0 spiro atoms. The summed E-state index contributed by atoms with van der Waals surface area (Å²) in [6.07, 6.45) is 2.65. The molecule has 1 unspecified atom stereocenters. The van der Waals surface area contributed by atoms with E-state index in [2.05, 4.69) is 41.8 Å². The minimum absolute atomic E-state index is 0.0263. The summed E-state index contributed by atoms with van der Waals surface area (Å²) in [7, 11) is 0. The van der Waals surface area contributed by atoms with Crippen LogP contribution in [0.15, 0.2) is 48.5 Å². The predicted octanol–water partition coefficient (Wildman–Crippen LogP) is 5.10. The number of nitrogens with one attached hydrogen (secondary N) is 1. The molecule has 0 fully saturated rings. The standard InChI is InChI=1S/C20H22INO2/c1-3-20(4-2)13-17(16-7-5-6-8-18(16)24-20)22-19(23)14-9-11-15(21)12-10-14/h5-12,17H,3-4,13H2,1-2H3,(H,22,23). The van der Waals surface area contributed by atoms with Crippen LogP contribution in [0.2, 0.25) is 0 Å². The first kappa shape index (κ1) is 17.3. The summed E-state index contributed by atoms with van der Waals surface area (Å²) in [6.45, 7) is 4.30. The van der Waals surface area contributed by atoms with Crippen molar-refractivity contribution in [3.05, 3.63) is 63.2 Å². The van der Waals surface area contributed by atoms with E-state index in [-0.39, 0.29) is 17.6 Å². The van der Waals surface area contributed by atoms with Gasteiger partial charge >= 0.3 is 0 Å². The molecule has 0 bridgehead atoms. The van der Waals surface area contributed by atoms with Gasteiger partial charge in [-0.1, -0.05) is 32.0 Å². The summed E-state index contributed by atoms with van der Waals surface area (Å²) >= 11 is 2.24. The average molecular weight is 435 g/mol. The van der Waals surface area contributed by atoms with E-state index in [1.54, 1.807) is 0 Å². The maximum atomic E-state index is 12.7. The highest BCUT2D eigenvalue weighted by molar-refractivity contribution is 14.1. The van der Waals surface area contributed by atoms with Crippen molar-refractivity contribution in [1.29, 1.82) is 0 Å². The number of para-hydroxylation sites is 1. The molecule has 1 aliphatic rings. The average Bonchev–Trinajstić information content (AvgIpc) is 2.62. The van der Waals surface area contributed by atoms with Crippen LogP contribution < -0.4 is 10.1 Å². The van der Waals surface area contributed by atoms with Crippen molar-refractivity contribution in [2.75, 3.05) is 0 Å². The molecule has 0 radical (unpaired) electrons. The summed E-state index contributed by atoms with van der Waals surface area (Å²) in [5, 5.41) is 3.21. The van der Waals surface area contributed by atoms with Crippen LogP contribution in [-0.2, 0) is 0 Å². The van der Waals surface area contributed by atoms with Gasteiger partial charge in [-0.2, -0.15) is 0 Å². The Bertz CT molecular complexity index is 723. The molecule has 3 nitrogen and oxygen atoms in total. The van der Waals surface area contributed by atoms with Crippen LogP contribution in [0.25, 0.3) is 0 Å². The van der Waals surface area contributed by atoms with Gasteiger partial charge in [0.1, 0.15) is 11.4 Å². The Morgan fingerprint density at radius 3 is 2.50 bits per heavy atom. The van der Waals surface area contributed by atoms with Gasteiger partial charge in [0.15, 0.2) is 0 Å². The van der Waals surface area contributed by atoms with Crippen LogP contribution in [-0.4, -0.2) is 11.5 Å². The van der Waals surface area contributed by atoms with Crippen molar-refractivity contribution in [3.8, 4) is 5.75 Å². The van der Waals surface area contributed by atoms with Gasteiger partial charge < -0.3 is 10.1 Å². The predicted molar refractivity (Wildman–Crippen MR) is 104 cm³/mol. The van der Waals surface area contributed by atoms with Crippen molar-refractivity contribution in [2.24, 2.45) is 0 Å². The first-order valence-corrected chi connectivity index (χ1v) is 9.49. The third-order valence-electron chi connectivity index (χ3n) is 4.90. The molecule has 1 aliphatic heterocycles. The fourth-order valence-corrected chi connectivity index (χ4v) is 3.63. The Hall–Kier alpha value is -1.56. The Morgan fingerprint density at radius 1 is 1.17 bits per heavy atom. The smallest absolute Gasteiger partial charge is 0.251 e. The molecule has 24 heavy (non-hydrogen) atoms. The van der Waals surface area contributed by atoms with Crippen molar-refractivity contribution in [1.82, 2.24) is 5.32 Å². The lowest BCUT2D eigenvalue weighted by Crippen LogP contribution is -2.44. The second kappa shape index (κ2) is 7.13. The van der Waals surface area contributed by atoms with Gasteiger partial charge in [0.25, 0.3) is 5.91 Å². The zero-order valence-corrected chi connectivity index (χ0v) is 16.2.